The van der Waals surface area contributed by atoms with Crippen molar-refractivity contribution in [3.05, 3.63) is 106 Å². The van der Waals surface area contributed by atoms with Crippen molar-refractivity contribution in [1.82, 2.24) is 34.1 Å². The van der Waals surface area contributed by atoms with Gasteiger partial charge in [0.15, 0.2) is 11.5 Å². The Morgan fingerprint density at radius 2 is 1.64 bits per heavy atom. The molecule has 0 bridgehead atoms. The van der Waals surface area contributed by atoms with E-state index in [0.717, 1.165) is 33.2 Å². The maximum atomic E-state index is 12.0. The van der Waals surface area contributed by atoms with Crippen molar-refractivity contribution in [2.24, 2.45) is 7.05 Å². The first-order chi connectivity index (χ1) is 20.9. The highest BCUT2D eigenvalue weighted by Gasteiger charge is 2.38. The smallest absolute Gasteiger partial charge is 0.475 e. The number of aliphatic carboxylic acids is 1. The van der Waals surface area contributed by atoms with Gasteiger partial charge in [-0.3, -0.25) is 14.2 Å². The van der Waals surface area contributed by atoms with E-state index in [1.807, 2.05) is 71.0 Å². The topological polar surface area (TPSA) is 124 Å². The summed E-state index contributed by atoms with van der Waals surface area (Å²) in [6.07, 6.45) is 0.185. The van der Waals surface area contributed by atoms with Crippen LogP contribution in [0.4, 0.5) is 24.8 Å². The SMILES string of the molecule is CN(c1ncnc2nn(Cc3ccc(Cn4ccccc4=O)cc3)cc12)c1nn(C)c2ccc(Cl)cc12.O=C(O)C(F)(F)F. The van der Waals surface area contributed by atoms with Crippen molar-refractivity contribution < 1.29 is 23.1 Å². The van der Waals surface area contributed by atoms with Crippen molar-refractivity contribution in [2.45, 2.75) is 19.3 Å². The van der Waals surface area contributed by atoms with Crippen molar-refractivity contribution in [3.63, 3.8) is 0 Å². The van der Waals surface area contributed by atoms with Gasteiger partial charge in [-0.05, 0) is 35.4 Å². The highest BCUT2D eigenvalue weighted by molar-refractivity contribution is 6.31. The zero-order valence-electron chi connectivity index (χ0n) is 23.3. The number of alkyl halides is 3. The van der Waals surface area contributed by atoms with Gasteiger partial charge >= 0.3 is 12.1 Å². The van der Waals surface area contributed by atoms with Gasteiger partial charge in [-0.25, -0.2) is 14.8 Å². The molecule has 4 heterocycles. The second kappa shape index (κ2) is 12.2. The minimum Gasteiger partial charge on any atom is -0.475 e. The van der Waals surface area contributed by atoms with Crippen LogP contribution in [0.3, 0.4) is 0 Å². The van der Waals surface area contributed by atoms with E-state index in [-0.39, 0.29) is 5.56 Å². The number of fused-ring (bicyclic) bond motifs is 2. The van der Waals surface area contributed by atoms with Crippen molar-refractivity contribution in [3.8, 4) is 0 Å². The predicted molar refractivity (Wildman–Crippen MR) is 158 cm³/mol. The lowest BCUT2D eigenvalue weighted by atomic mass is 10.1. The molecule has 11 nitrogen and oxygen atoms in total. The Bertz CT molecular complexity index is 2020. The van der Waals surface area contributed by atoms with Gasteiger partial charge in [0.1, 0.15) is 12.1 Å². The van der Waals surface area contributed by atoms with Gasteiger partial charge in [0.2, 0.25) is 0 Å². The first-order valence-corrected chi connectivity index (χ1v) is 13.4. The summed E-state index contributed by atoms with van der Waals surface area (Å²) >= 11 is 6.27. The fourth-order valence-electron chi connectivity index (χ4n) is 4.51. The number of hydrogen-bond donors (Lipinski definition) is 1. The molecule has 0 aliphatic carbocycles. The lowest BCUT2D eigenvalue weighted by Gasteiger charge is -2.16. The Morgan fingerprint density at radius 3 is 2.30 bits per heavy atom. The molecule has 0 saturated heterocycles. The van der Waals surface area contributed by atoms with Crippen LogP contribution in [0.25, 0.3) is 21.9 Å². The van der Waals surface area contributed by atoms with Crippen molar-refractivity contribution in [2.75, 3.05) is 11.9 Å². The highest BCUT2D eigenvalue weighted by atomic mass is 35.5. The zero-order valence-corrected chi connectivity index (χ0v) is 24.0. The van der Waals surface area contributed by atoms with Crippen LogP contribution in [0, 0.1) is 0 Å². The summed E-state index contributed by atoms with van der Waals surface area (Å²) in [4.78, 5) is 31.8. The molecule has 0 aliphatic heterocycles. The molecule has 44 heavy (non-hydrogen) atoms. The molecule has 0 fully saturated rings. The van der Waals surface area contributed by atoms with Gasteiger partial charge in [-0.2, -0.15) is 23.4 Å². The molecule has 226 valence electrons. The van der Waals surface area contributed by atoms with Gasteiger partial charge in [0, 0.05) is 43.0 Å². The van der Waals surface area contributed by atoms with Gasteiger partial charge in [-0.15, -0.1) is 0 Å². The Hall–Kier alpha value is -5.24. The summed E-state index contributed by atoms with van der Waals surface area (Å²) in [7, 11) is 3.84. The third kappa shape index (κ3) is 6.54. The minimum absolute atomic E-state index is 0.0153. The first-order valence-electron chi connectivity index (χ1n) is 13.0. The highest BCUT2D eigenvalue weighted by Crippen LogP contribution is 2.33. The number of benzene rings is 2. The number of aromatic nitrogens is 7. The number of rotatable bonds is 6. The van der Waals surface area contributed by atoms with Crippen LogP contribution >= 0.6 is 11.6 Å². The molecule has 0 unspecified atom stereocenters. The summed E-state index contributed by atoms with van der Waals surface area (Å²) in [6.45, 7) is 1.11. The lowest BCUT2D eigenvalue weighted by molar-refractivity contribution is -0.192. The monoisotopic (exact) mass is 624 g/mol. The van der Waals surface area contributed by atoms with Crippen LogP contribution in [0.2, 0.25) is 5.02 Å². The fraction of sp³-hybridized carbons (Fsp3) is 0.172. The Labute approximate surface area is 252 Å². The van der Waals surface area contributed by atoms with E-state index in [2.05, 4.69) is 27.2 Å². The molecule has 0 saturated carbocycles. The van der Waals surface area contributed by atoms with Crippen LogP contribution in [0.5, 0.6) is 0 Å². The largest absolute Gasteiger partial charge is 0.490 e. The third-order valence-electron chi connectivity index (χ3n) is 6.63. The van der Waals surface area contributed by atoms with E-state index in [0.29, 0.717) is 29.6 Å². The van der Waals surface area contributed by atoms with E-state index in [1.165, 1.54) is 6.33 Å². The number of nitrogens with zero attached hydrogens (tertiary/aromatic N) is 8. The quantitative estimate of drug-likeness (QED) is 0.274. The maximum absolute atomic E-state index is 12.0. The van der Waals surface area contributed by atoms with Gasteiger partial charge in [0.05, 0.1) is 24.0 Å². The number of hydrogen-bond acceptors (Lipinski definition) is 7. The molecule has 0 radical (unpaired) electrons. The predicted octanol–water partition coefficient (Wildman–Crippen LogP) is 5.03. The van der Waals surface area contributed by atoms with E-state index in [4.69, 9.17) is 26.6 Å². The minimum atomic E-state index is -5.08. The maximum Gasteiger partial charge on any atom is 0.490 e. The van der Waals surface area contributed by atoms with E-state index < -0.39 is 12.1 Å². The summed E-state index contributed by atoms with van der Waals surface area (Å²) in [6, 6.07) is 19.1. The third-order valence-corrected chi connectivity index (χ3v) is 6.87. The number of anilines is 2. The summed E-state index contributed by atoms with van der Waals surface area (Å²) in [5, 5.41) is 18.9. The first kappa shape index (κ1) is 30.2. The van der Waals surface area contributed by atoms with E-state index in [1.54, 1.807) is 22.9 Å². The number of carbonyl (C=O) groups is 1. The number of carboxylic acids is 1. The molecule has 2 aromatic carbocycles. The number of halogens is 4. The van der Waals surface area contributed by atoms with Crippen LogP contribution in [0.1, 0.15) is 11.1 Å². The number of aryl methyl sites for hydroxylation is 1. The molecular formula is C29H24ClF3N8O3. The molecule has 4 aromatic heterocycles. The van der Waals surface area contributed by atoms with Gasteiger partial charge in [-0.1, -0.05) is 41.9 Å². The number of carboxylic acid groups (broad SMARTS) is 1. The average Bonchev–Trinajstić information content (AvgIpc) is 3.54. The van der Waals surface area contributed by atoms with Crippen molar-refractivity contribution >= 4 is 51.1 Å². The van der Waals surface area contributed by atoms with E-state index in [9.17, 15) is 18.0 Å². The van der Waals surface area contributed by atoms with Crippen molar-refractivity contribution in [1.29, 1.82) is 0 Å². The normalized spacial score (nSPS) is 11.4. The summed E-state index contributed by atoms with van der Waals surface area (Å²) < 4.78 is 37.1. The fourth-order valence-corrected chi connectivity index (χ4v) is 4.68. The standard InChI is InChI=1S/C27H23ClN8O.C2HF3O2/c1-33(27-21-13-20(28)10-11-23(21)34(2)32-27)26-22-16-36(31-25(22)29-17-30-26)15-19-8-6-18(7-9-19)14-35-12-4-3-5-24(35)37;3-2(4,5)1(6)7/h3-13,16-17H,14-15H2,1-2H3;(H,6,7). The Kier molecular flexibility index (Phi) is 8.36. The molecule has 0 spiro atoms. The van der Waals surface area contributed by atoms with Gasteiger partial charge in [0.25, 0.3) is 5.56 Å². The molecule has 6 rings (SSSR count). The van der Waals surface area contributed by atoms with Crippen LogP contribution in [0.15, 0.2) is 84.2 Å². The molecule has 1 N–H and O–H groups in total. The second-order valence-electron chi connectivity index (χ2n) is 9.72. The second-order valence-corrected chi connectivity index (χ2v) is 10.2. The van der Waals surface area contributed by atoms with Crippen LogP contribution in [-0.4, -0.2) is 58.4 Å². The lowest BCUT2D eigenvalue weighted by Crippen LogP contribution is -2.21. The van der Waals surface area contributed by atoms with Crippen LogP contribution in [-0.2, 0) is 24.9 Å². The van der Waals surface area contributed by atoms with E-state index >= 15 is 0 Å². The average molecular weight is 625 g/mol. The zero-order chi connectivity index (χ0) is 31.6. The Morgan fingerprint density at radius 1 is 0.955 bits per heavy atom. The van der Waals surface area contributed by atoms with Gasteiger partial charge < -0.3 is 14.6 Å². The molecule has 15 heteroatoms. The molecule has 6 aromatic rings. The Balaban J connectivity index is 0.000000493. The molecule has 0 atom stereocenters. The molecular weight excluding hydrogens is 601 g/mol. The molecule has 0 aliphatic rings. The molecule has 0 amide bonds. The van der Waals surface area contributed by atoms with Crippen LogP contribution < -0.4 is 10.5 Å². The summed E-state index contributed by atoms with van der Waals surface area (Å²) in [5.74, 6) is -1.30. The number of pyridine rings is 1. The summed E-state index contributed by atoms with van der Waals surface area (Å²) in [5.41, 5.74) is 3.71.